The molecule has 6 heteroatoms. The summed E-state index contributed by atoms with van der Waals surface area (Å²) in [6, 6.07) is 12.0. The fourth-order valence-corrected chi connectivity index (χ4v) is 4.07. The smallest absolute Gasteiger partial charge is 0.239 e. The average Bonchev–Trinajstić information content (AvgIpc) is 3.14. The van der Waals surface area contributed by atoms with E-state index in [1.54, 1.807) is 11.3 Å². The molecule has 1 aliphatic heterocycles. The van der Waals surface area contributed by atoms with Crippen molar-refractivity contribution in [3.05, 3.63) is 52.2 Å². The monoisotopic (exact) mass is 371 g/mol. The van der Waals surface area contributed by atoms with Crippen LogP contribution >= 0.6 is 11.3 Å². The topological polar surface area (TPSA) is 52.7 Å². The number of amides is 2. The molecule has 5 nitrogen and oxygen atoms in total. The SMILES string of the molecule is CCN(CC(=O)NCCC(=O)N1CCc2sccc2C1)c1ccccc1. The molecule has 0 atom stereocenters. The van der Waals surface area contributed by atoms with Gasteiger partial charge in [0, 0.05) is 43.2 Å². The van der Waals surface area contributed by atoms with E-state index in [-0.39, 0.29) is 11.8 Å². The highest BCUT2D eigenvalue weighted by molar-refractivity contribution is 7.10. The molecule has 1 aliphatic rings. The molecule has 138 valence electrons. The highest BCUT2D eigenvalue weighted by Gasteiger charge is 2.21. The van der Waals surface area contributed by atoms with Crippen LogP contribution in [0.15, 0.2) is 41.8 Å². The Bertz CT molecular complexity index is 745. The van der Waals surface area contributed by atoms with Crippen LogP contribution in [-0.2, 0) is 22.6 Å². The number of fused-ring (bicyclic) bond motifs is 1. The first kappa shape index (κ1) is 18.5. The second-order valence-electron chi connectivity index (χ2n) is 6.38. The minimum Gasteiger partial charge on any atom is -0.363 e. The molecule has 3 rings (SSSR count). The number of likely N-dealkylation sites (N-methyl/N-ethyl adjacent to an activating group) is 1. The van der Waals surface area contributed by atoms with E-state index in [4.69, 9.17) is 0 Å². The summed E-state index contributed by atoms with van der Waals surface area (Å²) in [5.74, 6) is 0.0554. The number of thiophene rings is 1. The van der Waals surface area contributed by atoms with E-state index in [1.807, 2.05) is 47.1 Å². The van der Waals surface area contributed by atoms with Crippen molar-refractivity contribution >= 4 is 28.8 Å². The summed E-state index contributed by atoms with van der Waals surface area (Å²) in [7, 11) is 0. The quantitative estimate of drug-likeness (QED) is 0.814. The van der Waals surface area contributed by atoms with Crippen LogP contribution in [0.5, 0.6) is 0 Å². The fourth-order valence-electron chi connectivity index (χ4n) is 3.18. The molecule has 0 bridgehead atoms. The summed E-state index contributed by atoms with van der Waals surface area (Å²) in [5.41, 5.74) is 2.29. The van der Waals surface area contributed by atoms with Crippen molar-refractivity contribution in [1.29, 1.82) is 0 Å². The van der Waals surface area contributed by atoms with E-state index in [0.717, 1.165) is 25.2 Å². The molecule has 2 heterocycles. The lowest BCUT2D eigenvalue weighted by molar-refractivity contribution is -0.132. The summed E-state index contributed by atoms with van der Waals surface area (Å²) in [4.78, 5) is 29.9. The normalized spacial score (nSPS) is 13.2. The zero-order valence-electron chi connectivity index (χ0n) is 15.1. The lowest BCUT2D eigenvalue weighted by atomic mass is 10.1. The Morgan fingerprint density at radius 1 is 1.23 bits per heavy atom. The van der Waals surface area contributed by atoms with Crippen molar-refractivity contribution in [2.45, 2.75) is 26.3 Å². The molecule has 2 aromatic rings. The Morgan fingerprint density at radius 2 is 2.04 bits per heavy atom. The predicted molar refractivity (Wildman–Crippen MR) is 105 cm³/mol. The zero-order valence-corrected chi connectivity index (χ0v) is 15.9. The van der Waals surface area contributed by atoms with Gasteiger partial charge in [0.15, 0.2) is 0 Å². The molecule has 0 aliphatic carbocycles. The number of nitrogens with zero attached hydrogens (tertiary/aromatic N) is 2. The van der Waals surface area contributed by atoms with Crippen molar-refractivity contribution in [2.75, 3.05) is 31.1 Å². The van der Waals surface area contributed by atoms with Crippen LogP contribution in [0.25, 0.3) is 0 Å². The standard InChI is InChI=1S/C20H25N3O2S/c1-2-22(17-6-4-3-5-7-17)15-19(24)21-11-8-20(25)23-12-9-18-16(14-23)10-13-26-18/h3-7,10,13H,2,8-9,11-12,14-15H2,1H3,(H,21,24). The van der Waals surface area contributed by atoms with E-state index in [0.29, 0.717) is 26.1 Å². The fraction of sp³-hybridized carbons (Fsp3) is 0.400. The maximum absolute atomic E-state index is 12.4. The number of para-hydroxylation sites is 1. The van der Waals surface area contributed by atoms with E-state index in [9.17, 15) is 9.59 Å². The molecule has 0 fully saturated rings. The zero-order chi connectivity index (χ0) is 18.4. The van der Waals surface area contributed by atoms with Crippen LogP contribution in [0, 0.1) is 0 Å². The van der Waals surface area contributed by atoms with Crippen LogP contribution in [-0.4, -0.2) is 42.9 Å². The van der Waals surface area contributed by atoms with Crippen molar-refractivity contribution in [2.24, 2.45) is 0 Å². The number of anilines is 1. The maximum Gasteiger partial charge on any atom is 0.239 e. The van der Waals surface area contributed by atoms with Crippen LogP contribution < -0.4 is 10.2 Å². The number of hydrogen-bond donors (Lipinski definition) is 1. The largest absolute Gasteiger partial charge is 0.363 e. The summed E-state index contributed by atoms with van der Waals surface area (Å²) in [6.07, 6.45) is 1.29. The second kappa shape index (κ2) is 8.85. The number of carbonyl (C=O) groups excluding carboxylic acids is 2. The summed E-state index contributed by atoms with van der Waals surface area (Å²) < 4.78 is 0. The van der Waals surface area contributed by atoms with Gasteiger partial charge in [-0.15, -0.1) is 11.3 Å². The molecule has 0 saturated carbocycles. The van der Waals surface area contributed by atoms with Gasteiger partial charge in [0.25, 0.3) is 0 Å². The van der Waals surface area contributed by atoms with Gasteiger partial charge in [0.2, 0.25) is 11.8 Å². The Labute approximate surface area is 158 Å². The molecular weight excluding hydrogens is 346 g/mol. The number of hydrogen-bond acceptors (Lipinski definition) is 4. The van der Waals surface area contributed by atoms with Gasteiger partial charge in [-0.05, 0) is 42.5 Å². The van der Waals surface area contributed by atoms with Crippen LogP contribution in [0.2, 0.25) is 0 Å². The van der Waals surface area contributed by atoms with E-state index in [2.05, 4.69) is 16.8 Å². The molecule has 2 amide bonds. The van der Waals surface area contributed by atoms with Crippen LogP contribution in [0.4, 0.5) is 5.69 Å². The van der Waals surface area contributed by atoms with Gasteiger partial charge in [0.1, 0.15) is 0 Å². The van der Waals surface area contributed by atoms with Crippen LogP contribution in [0.3, 0.4) is 0 Å². The number of carbonyl (C=O) groups is 2. The minimum atomic E-state index is -0.0535. The molecule has 1 aromatic carbocycles. The van der Waals surface area contributed by atoms with E-state index < -0.39 is 0 Å². The third-order valence-corrected chi connectivity index (χ3v) is 5.68. The number of nitrogens with one attached hydrogen (secondary N) is 1. The van der Waals surface area contributed by atoms with Gasteiger partial charge < -0.3 is 15.1 Å². The van der Waals surface area contributed by atoms with E-state index >= 15 is 0 Å². The first-order valence-electron chi connectivity index (χ1n) is 9.07. The van der Waals surface area contributed by atoms with Gasteiger partial charge in [-0.1, -0.05) is 18.2 Å². The third-order valence-electron chi connectivity index (χ3n) is 4.66. The highest BCUT2D eigenvalue weighted by Crippen LogP contribution is 2.24. The van der Waals surface area contributed by atoms with Crippen molar-refractivity contribution in [3.63, 3.8) is 0 Å². The van der Waals surface area contributed by atoms with Crippen molar-refractivity contribution in [1.82, 2.24) is 10.2 Å². The number of rotatable bonds is 7. The van der Waals surface area contributed by atoms with Crippen LogP contribution in [0.1, 0.15) is 23.8 Å². The average molecular weight is 372 g/mol. The van der Waals surface area contributed by atoms with Gasteiger partial charge >= 0.3 is 0 Å². The first-order valence-corrected chi connectivity index (χ1v) is 9.95. The summed E-state index contributed by atoms with van der Waals surface area (Å²) in [6.45, 7) is 4.95. The van der Waals surface area contributed by atoms with Gasteiger partial charge in [-0.25, -0.2) is 0 Å². The van der Waals surface area contributed by atoms with Gasteiger partial charge in [0.05, 0.1) is 6.54 Å². The van der Waals surface area contributed by atoms with Crippen molar-refractivity contribution in [3.8, 4) is 0 Å². The Balaban J connectivity index is 1.41. The lowest BCUT2D eigenvalue weighted by Crippen LogP contribution is -2.40. The maximum atomic E-state index is 12.4. The number of benzene rings is 1. The molecular formula is C20H25N3O2S. The van der Waals surface area contributed by atoms with Crippen molar-refractivity contribution < 1.29 is 9.59 Å². The predicted octanol–water partition coefficient (Wildman–Crippen LogP) is 2.67. The molecule has 1 N–H and O–H groups in total. The molecule has 0 saturated heterocycles. The van der Waals surface area contributed by atoms with E-state index in [1.165, 1.54) is 10.4 Å². The summed E-state index contributed by atoms with van der Waals surface area (Å²) >= 11 is 1.77. The Hall–Kier alpha value is -2.34. The lowest BCUT2D eigenvalue weighted by Gasteiger charge is -2.27. The second-order valence-corrected chi connectivity index (χ2v) is 7.38. The molecule has 1 aromatic heterocycles. The minimum absolute atomic E-state index is 0.0535. The van der Waals surface area contributed by atoms with Gasteiger partial charge in [-0.2, -0.15) is 0 Å². The van der Waals surface area contributed by atoms with Gasteiger partial charge in [-0.3, -0.25) is 9.59 Å². The first-order chi connectivity index (χ1) is 12.7. The molecule has 26 heavy (non-hydrogen) atoms. The molecule has 0 unspecified atom stereocenters. The third kappa shape index (κ3) is 4.64. The Morgan fingerprint density at radius 3 is 2.81 bits per heavy atom. The summed E-state index contributed by atoms with van der Waals surface area (Å²) in [5, 5.41) is 4.96. The highest BCUT2D eigenvalue weighted by atomic mass is 32.1. The molecule has 0 spiro atoms. The molecule has 0 radical (unpaired) electrons. The Kier molecular flexibility index (Phi) is 6.28.